The van der Waals surface area contributed by atoms with Crippen molar-refractivity contribution in [2.24, 2.45) is 5.41 Å². The summed E-state index contributed by atoms with van der Waals surface area (Å²) in [6, 6.07) is 3.28. The van der Waals surface area contributed by atoms with Crippen LogP contribution in [0.5, 0.6) is 0 Å². The molecule has 0 aliphatic heterocycles. The first-order chi connectivity index (χ1) is 11.9. The van der Waals surface area contributed by atoms with E-state index in [0.717, 1.165) is 37.8 Å². The molecule has 1 amide bonds. The van der Waals surface area contributed by atoms with Crippen molar-refractivity contribution in [3.05, 3.63) is 35.4 Å². The topological polar surface area (TPSA) is 66.4 Å². The molecule has 0 heterocycles. The Bertz CT molecular complexity index is 679. The van der Waals surface area contributed by atoms with Gasteiger partial charge in [-0.05, 0) is 31.7 Å². The number of amides is 1. The number of carbonyl (C=O) groups excluding carboxylic acids is 1. The van der Waals surface area contributed by atoms with Crippen molar-refractivity contribution in [3.63, 3.8) is 0 Å². The van der Waals surface area contributed by atoms with Crippen LogP contribution in [0.2, 0.25) is 0 Å². The third-order valence-corrected chi connectivity index (χ3v) is 5.94. The summed E-state index contributed by atoms with van der Waals surface area (Å²) in [7, 11) is 0. The fourth-order valence-corrected chi connectivity index (χ4v) is 4.14. The van der Waals surface area contributed by atoms with Gasteiger partial charge in [-0.2, -0.15) is 0 Å². The van der Waals surface area contributed by atoms with Crippen LogP contribution in [0.1, 0.15) is 56.9 Å². The van der Waals surface area contributed by atoms with Gasteiger partial charge in [0.2, 0.25) is 5.91 Å². The summed E-state index contributed by atoms with van der Waals surface area (Å²) in [5.41, 5.74) is -1.74. The maximum atomic E-state index is 14.2. The van der Waals surface area contributed by atoms with E-state index in [4.69, 9.17) is 0 Å². The second-order valence-corrected chi connectivity index (χ2v) is 7.39. The van der Waals surface area contributed by atoms with Crippen molar-refractivity contribution < 1.29 is 23.5 Å². The molecule has 2 fully saturated rings. The van der Waals surface area contributed by atoms with Crippen LogP contribution in [0.4, 0.5) is 8.78 Å². The summed E-state index contributed by atoms with van der Waals surface area (Å²) in [5.74, 6) is -2.64. The third kappa shape index (κ3) is 3.14. The maximum absolute atomic E-state index is 14.2. The second-order valence-electron chi connectivity index (χ2n) is 7.39. The molecule has 0 bridgehead atoms. The lowest BCUT2D eigenvalue weighted by atomic mass is 9.63. The zero-order valence-corrected chi connectivity index (χ0v) is 14.1. The van der Waals surface area contributed by atoms with Gasteiger partial charge in [-0.25, -0.2) is 8.78 Å². The molecule has 2 saturated carbocycles. The molecule has 0 spiro atoms. The number of halogens is 2. The minimum absolute atomic E-state index is 0.0612. The van der Waals surface area contributed by atoms with Crippen molar-refractivity contribution in [2.75, 3.05) is 6.54 Å². The summed E-state index contributed by atoms with van der Waals surface area (Å²) in [5, 5.41) is 12.4. The van der Waals surface area contributed by atoms with Crippen LogP contribution in [-0.4, -0.2) is 23.5 Å². The fourth-order valence-electron chi connectivity index (χ4n) is 4.14. The highest BCUT2D eigenvalue weighted by Crippen LogP contribution is 2.45. The van der Waals surface area contributed by atoms with Gasteiger partial charge in [-0.3, -0.25) is 9.59 Å². The zero-order chi connectivity index (χ0) is 18.1. The standard InChI is InChI=1S/C19H23F2NO3/c20-13-5-6-14(15(21)11-13)19(9-4-10-19)16(23)22-12-18(17(24)25)7-2-1-3-8-18/h5-6,11H,1-4,7-10,12H2,(H,22,23)(H,24,25). The molecule has 1 aromatic rings. The first-order valence-corrected chi connectivity index (χ1v) is 8.87. The van der Waals surface area contributed by atoms with Crippen molar-refractivity contribution in [3.8, 4) is 0 Å². The van der Waals surface area contributed by atoms with Gasteiger partial charge < -0.3 is 10.4 Å². The molecular weight excluding hydrogens is 328 g/mol. The summed E-state index contributed by atoms with van der Waals surface area (Å²) in [4.78, 5) is 24.6. The Hall–Kier alpha value is -1.98. The van der Waals surface area contributed by atoms with Gasteiger partial charge in [0.15, 0.2) is 0 Å². The molecule has 0 saturated heterocycles. The molecule has 0 radical (unpaired) electrons. The summed E-state index contributed by atoms with van der Waals surface area (Å²) >= 11 is 0. The number of hydrogen-bond donors (Lipinski definition) is 2. The molecule has 1 aromatic carbocycles. The number of aliphatic carboxylic acids is 1. The predicted octanol–water partition coefficient (Wildman–Crippen LogP) is 3.54. The van der Waals surface area contributed by atoms with E-state index in [1.54, 1.807) is 0 Å². The third-order valence-electron chi connectivity index (χ3n) is 5.94. The molecule has 25 heavy (non-hydrogen) atoms. The maximum Gasteiger partial charge on any atom is 0.311 e. The number of rotatable bonds is 5. The van der Waals surface area contributed by atoms with Gasteiger partial charge in [-0.15, -0.1) is 0 Å². The predicted molar refractivity (Wildman–Crippen MR) is 88.1 cm³/mol. The molecule has 2 N–H and O–H groups in total. The number of nitrogens with one attached hydrogen (secondary N) is 1. The van der Waals surface area contributed by atoms with Crippen LogP contribution in [0.25, 0.3) is 0 Å². The Balaban J connectivity index is 1.78. The van der Waals surface area contributed by atoms with Crippen LogP contribution in [-0.2, 0) is 15.0 Å². The highest BCUT2D eigenvalue weighted by atomic mass is 19.1. The van der Waals surface area contributed by atoms with E-state index >= 15 is 0 Å². The normalized spacial score (nSPS) is 21.2. The van der Waals surface area contributed by atoms with Gasteiger partial charge in [0, 0.05) is 18.2 Å². The van der Waals surface area contributed by atoms with E-state index in [0.29, 0.717) is 25.7 Å². The summed E-state index contributed by atoms with van der Waals surface area (Å²) in [6.07, 6.45) is 5.52. The zero-order valence-electron chi connectivity index (χ0n) is 14.1. The smallest absolute Gasteiger partial charge is 0.311 e. The Kier molecular flexibility index (Phi) is 4.80. The molecule has 2 aliphatic carbocycles. The minimum atomic E-state index is -1.01. The molecular formula is C19H23F2NO3. The van der Waals surface area contributed by atoms with Gasteiger partial charge >= 0.3 is 5.97 Å². The first-order valence-electron chi connectivity index (χ1n) is 8.87. The SMILES string of the molecule is O=C(O)C1(CNC(=O)C2(c3ccc(F)cc3F)CCC2)CCCCC1. The Morgan fingerprint density at radius 1 is 1.04 bits per heavy atom. The molecule has 4 nitrogen and oxygen atoms in total. The van der Waals surface area contributed by atoms with E-state index in [9.17, 15) is 23.5 Å². The summed E-state index contributed by atoms with van der Waals surface area (Å²) < 4.78 is 27.4. The van der Waals surface area contributed by atoms with Gasteiger partial charge in [0.25, 0.3) is 0 Å². The largest absolute Gasteiger partial charge is 0.481 e. The average molecular weight is 351 g/mol. The van der Waals surface area contributed by atoms with E-state index < -0.39 is 28.4 Å². The minimum Gasteiger partial charge on any atom is -0.481 e. The number of hydrogen-bond acceptors (Lipinski definition) is 2. The van der Waals surface area contributed by atoms with Gasteiger partial charge in [0.1, 0.15) is 11.6 Å². The van der Waals surface area contributed by atoms with Crippen LogP contribution in [0.3, 0.4) is 0 Å². The van der Waals surface area contributed by atoms with Crippen LogP contribution in [0, 0.1) is 17.0 Å². The number of benzene rings is 1. The molecule has 0 unspecified atom stereocenters. The molecule has 0 atom stereocenters. The molecule has 6 heteroatoms. The average Bonchev–Trinajstić information content (AvgIpc) is 2.54. The van der Waals surface area contributed by atoms with E-state index in [1.165, 1.54) is 6.07 Å². The Morgan fingerprint density at radius 3 is 2.24 bits per heavy atom. The van der Waals surface area contributed by atoms with Gasteiger partial charge in [0.05, 0.1) is 10.8 Å². The van der Waals surface area contributed by atoms with E-state index in [1.807, 2.05) is 0 Å². The van der Waals surface area contributed by atoms with Crippen LogP contribution >= 0.6 is 0 Å². The lowest BCUT2D eigenvalue weighted by molar-refractivity contribution is -0.151. The lowest BCUT2D eigenvalue weighted by Crippen LogP contribution is -2.53. The van der Waals surface area contributed by atoms with E-state index in [-0.39, 0.29) is 18.0 Å². The number of carboxylic acids is 1. The first kappa shape index (κ1) is 17.8. The van der Waals surface area contributed by atoms with Gasteiger partial charge in [-0.1, -0.05) is 31.7 Å². The molecule has 3 rings (SSSR count). The van der Waals surface area contributed by atoms with Crippen molar-refractivity contribution >= 4 is 11.9 Å². The molecule has 2 aliphatic rings. The monoisotopic (exact) mass is 351 g/mol. The van der Waals surface area contributed by atoms with Crippen molar-refractivity contribution in [1.29, 1.82) is 0 Å². The van der Waals surface area contributed by atoms with Crippen LogP contribution < -0.4 is 5.32 Å². The summed E-state index contributed by atoms with van der Waals surface area (Å²) in [6.45, 7) is 0.0612. The van der Waals surface area contributed by atoms with Crippen LogP contribution in [0.15, 0.2) is 18.2 Å². The Labute approximate surface area is 145 Å². The highest BCUT2D eigenvalue weighted by Gasteiger charge is 2.48. The Morgan fingerprint density at radius 2 is 1.72 bits per heavy atom. The quantitative estimate of drug-likeness (QED) is 0.853. The lowest BCUT2D eigenvalue weighted by Gasteiger charge is -2.42. The molecule has 136 valence electrons. The number of carboxylic acid groups (broad SMARTS) is 1. The highest BCUT2D eigenvalue weighted by molar-refractivity contribution is 5.90. The molecule has 0 aromatic heterocycles. The van der Waals surface area contributed by atoms with Crippen molar-refractivity contribution in [2.45, 2.75) is 56.8 Å². The fraction of sp³-hybridized carbons (Fsp3) is 0.579. The second kappa shape index (κ2) is 6.73. The number of carbonyl (C=O) groups is 2. The van der Waals surface area contributed by atoms with E-state index in [2.05, 4.69) is 5.32 Å². The van der Waals surface area contributed by atoms with Crippen molar-refractivity contribution in [1.82, 2.24) is 5.32 Å².